The van der Waals surface area contributed by atoms with Crippen LogP contribution in [0.4, 0.5) is 0 Å². The Morgan fingerprint density at radius 2 is 2.00 bits per heavy atom. The molecule has 0 aromatic carbocycles. The molecule has 1 atom stereocenters. The van der Waals surface area contributed by atoms with E-state index in [2.05, 4.69) is 10.6 Å². The summed E-state index contributed by atoms with van der Waals surface area (Å²) in [5, 5.41) is 5.52. The Labute approximate surface area is 90.8 Å². The van der Waals surface area contributed by atoms with E-state index in [1.807, 2.05) is 7.05 Å². The van der Waals surface area contributed by atoms with Gasteiger partial charge in [0.2, 0.25) is 5.91 Å². The number of Topliss-reactive ketones (excluding diaryl/α,β-unsaturated/α-hetero) is 1. The van der Waals surface area contributed by atoms with Gasteiger partial charge in [-0.15, -0.1) is 0 Å². The number of carbonyl (C=O) groups is 2. The van der Waals surface area contributed by atoms with Gasteiger partial charge in [0.15, 0.2) is 0 Å². The number of unbranched alkanes of at least 4 members (excludes halogenated alkanes) is 1. The van der Waals surface area contributed by atoms with Crippen LogP contribution in [0, 0.1) is 0 Å². The molecule has 5 heteroatoms. The normalized spacial score (nSPS) is 12.2. The average Bonchev–Trinajstić information content (AvgIpc) is 2.20. The molecule has 0 aromatic rings. The van der Waals surface area contributed by atoms with Gasteiger partial charge in [0.1, 0.15) is 5.78 Å². The van der Waals surface area contributed by atoms with Crippen molar-refractivity contribution in [3.63, 3.8) is 0 Å². The molecule has 1 unspecified atom stereocenters. The third kappa shape index (κ3) is 8.08. The molecule has 15 heavy (non-hydrogen) atoms. The van der Waals surface area contributed by atoms with Crippen LogP contribution < -0.4 is 16.4 Å². The zero-order valence-corrected chi connectivity index (χ0v) is 9.51. The van der Waals surface area contributed by atoms with E-state index in [9.17, 15) is 9.59 Å². The lowest BCUT2D eigenvalue weighted by Gasteiger charge is -2.10. The van der Waals surface area contributed by atoms with E-state index in [1.54, 1.807) is 0 Å². The molecule has 0 saturated heterocycles. The van der Waals surface area contributed by atoms with Gasteiger partial charge in [-0.25, -0.2) is 0 Å². The highest BCUT2D eigenvalue weighted by Crippen LogP contribution is 1.98. The van der Waals surface area contributed by atoms with Gasteiger partial charge in [0.05, 0.1) is 12.6 Å². The Hall–Kier alpha value is -0.940. The summed E-state index contributed by atoms with van der Waals surface area (Å²) >= 11 is 0. The molecule has 0 aliphatic rings. The van der Waals surface area contributed by atoms with Crippen molar-refractivity contribution in [1.82, 2.24) is 10.6 Å². The molecule has 0 spiro atoms. The fourth-order valence-corrected chi connectivity index (χ4v) is 1.14. The number of carbonyl (C=O) groups excluding carboxylic acids is 2. The Morgan fingerprint density at radius 1 is 1.33 bits per heavy atom. The SMILES string of the molecule is CNCCCCC(N)C(=O)NCC(C)=O. The topological polar surface area (TPSA) is 84.2 Å². The van der Waals surface area contributed by atoms with E-state index in [0.717, 1.165) is 19.4 Å². The number of rotatable bonds is 8. The molecule has 0 fully saturated rings. The summed E-state index contributed by atoms with van der Waals surface area (Å²) < 4.78 is 0. The monoisotopic (exact) mass is 215 g/mol. The van der Waals surface area contributed by atoms with Crippen LogP contribution >= 0.6 is 0 Å². The van der Waals surface area contributed by atoms with Gasteiger partial charge in [-0.1, -0.05) is 6.42 Å². The molecule has 0 radical (unpaired) electrons. The predicted molar refractivity (Wildman–Crippen MR) is 59.4 cm³/mol. The van der Waals surface area contributed by atoms with Crippen LogP contribution in [0.2, 0.25) is 0 Å². The number of hydrogen-bond acceptors (Lipinski definition) is 4. The standard InChI is InChI=1S/C10H21N3O2/c1-8(14)7-13-10(15)9(11)5-3-4-6-12-2/h9,12H,3-7,11H2,1-2H3,(H,13,15). The Kier molecular flexibility index (Phi) is 7.85. The highest BCUT2D eigenvalue weighted by atomic mass is 16.2. The van der Waals surface area contributed by atoms with Crippen molar-refractivity contribution in [2.75, 3.05) is 20.1 Å². The molecule has 0 heterocycles. The maximum absolute atomic E-state index is 11.3. The molecule has 0 aliphatic heterocycles. The van der Waals surface area contributed by atoms with Gasteiger partial charge in [-0.3, -0.25) is 9.59 Å². The van der Waals surface area contributed by atoms with Crippen LogP contribution in [0.1, 0.15) is 26.2 Å². The van der Waals surface area contributed by atoms with Crippen molar-refractivity contribution < 1.29 is 9.59 Å². The van der Waals surface area contributed by atoms with Gasteiger partial charge < -0.3 is 16.4 Å². The fourth-order valence-electron chi connectivity index (χ4n) is 1.14. The predicted octanol–water partition coefficient (Wildman–Crippen LogP) is -0.591. The smallest absolute Gasteiger partial charge is 0.237 e. The van der Waals surface area contributed by atoms with E-state index in [0.29, 0.717) is 6.42 Å². The van der Waals surface area contributed by atoms with E-state index >= 15 is 0 Å². The number of nitrogens with two attached hydrogens (primary N) is 1. The molecule has 0 saturated carbocycles. The molecule has 1 amide bonds. The van der Waals surface area contributed by atoms with Gasteiger partial charge in [0, 0.05) is 0 Å². The van der Waals surface area contributed by atoms with Crippen LogP contribution in [-0.2, 0) is 9.59 Å². The van der Waals surface area contributed by atoms with E-state index < -0.39 is 6.04 Å². The lowest BCUT2D eigenvalue weighted by atomic mass is 10.1. The van der Waals surface area contributed by atoms with Crippen LogP contribution in [-0.4, -0.2) is 37.9 Å². The van der Waals surface area contributed by atoms with Crippen LogP contribution in [0.3, 0.4) is 0 Å². The van der Waals surface area contributed by atoms with Crippen LogP contribution in [0.15, 0.2) is 0 Å². The van der Waals surface area contributed by atoms with Crippen molar-refractivity contribution in [2.45, 2.75) is 32.2 Å². The Morgan fingerprint density at radius 3 is 2.53 bits per heavy atom. The maximum atomic E-state index is 11.3. The first-order chi connectivity index (χ1) is 7.07. The quantitative estimate of drug-likeness (QED) is 0.472. The number of nitrogens with one attached hydrogen (secondary N) is 2. The van der Waals surface area contributed by atoms with Crippen LogP contribution in [0.5, 0.6) is 0 Å². The second-order valence-corrected chi connectivity index (χ2v) is 3.63. The summed E-state index contributed by atoms with van der Waals surface area (Å²) in [7, 11) is 1.89. The first-order valence-electron chi connectivity index (χ1n) is 5.25. The summed E-state index contributed by atoms with van der Waals surface area (Å²) in [5.41, 5.74) is 5.64. The van der Waals surface area contributed by atoms with Crippen molar-refractivity contribution in [2.24, 2.45) is 5.73 Å². The lowest BCUT2D eigenvalue weighted by molar-refractivity contribution is -0.125. The van der Waals surface area contributed by atoms with Gasteiger partial charge in [-0.05, 0) is 33.4 Å². The summed E-state index contributed by atoms with van der Waals surface area (Å²) in [6.07, 6.45) is 2.57. The largest absolute Gasteiger partial charge is 0.348 e. The van der Waals surface area contributed by atoms with Crippen LogP contribution in [0.25, 0.3) is 0 Å². The zero-order chi connectivity index (χ0) is 11.7. The summed E-state index contributed by atoms with van der Waals surface area (Å²) in [4.78, 5) is 21.9. The van der Waals surface area contributed by atoms with Crippen molar-refractivity contribution in [3.05, 3.63) is 0 Å². The van der Waals surface area contributed by atoms with Crippen molar-refractivity contribution >= 4 is 11.7 Å². The molecule has 5 nitrogen and oxygen atoms in total. The highest BCUT2D eigenvalue weighted by molar-refractivity contribution is 5.87. The summed E-state index contributed by atoms with van der Waals surface area (Å²) in [6, 6.07) is -0.499. The molecule has 0 aromatic heterocycles. The molecular formula is C10H21N3O2. The second kappa shape index (κ2) is 8.38. The van der Waals surface area contributed by atoms with Gasteiger partial charge in [0.25, 0.3) is 0 Å². The number of hydrogen-bond donors (Lipinski definition) is 3. The minimum atomic E-state index is -0.499. The minimum absolute atomic E-state index is 0.0641. The van der Waals surface area contributed by atoms with Crippen molar-refractivity contribution in [1.29, 1.82) is 0 Å². The zero-order valence-electron chi connectivity index (χ0n) is 9.51. The number of ketones is 1. The molecule has 0 rings (SSSR count). The van der Waals surface area contributed by atoms with E-state index in [4.69, 9.17) is 5.73 Å². The highest BCUT2D eigenvalue weighted by Gasteiger charge is 2.12. The Balaban J connectivity index is 3.55. The average molecular weight is 215 g/mol. The summed E-state index contributed by atoms with van der Waals surface area (Å²) in [6.45, 7) is 2.43. The third-order valence-corrected chi connectivity index (χ3v) is 2.04. The third-order valence-electron chi connectivity index (χ3n) is 2.04. The first kappa shape index (κ1) is 14.1. The minimum Gasteiger partial charge on any atom is -0.348 e. The van der Waals surface area contributed by atoms with Gasteiger partial charge in [-0.2, -0.15) is 0 Å². The number of amides is 1. The molecule has 4 N–H and O–H groups in total. The van der Waals surface area contributed by atoms with Crippen molar-refractivity contribution in [3.8, 4) is 0 Å². The van der Waals surface area contributed by atoms with E-state index in [1.165, 1.54) is 6.92 Å². The molecule has 0 bridgehead atoms. The molecular weight excluding hydrogens is 194 g/mol. The second-order valence-electron chi connectivity index (χ2n) is 3.63. The van der Waals surface area contributed by atoms with E-state index in [-0.39, 0.29) is 18.2 Å². The molecule has 0 aliphatic carbocycles. The maximum Gasteiger partial charge on any atom is 0.237 e. The Bertz CT molecular complexity index is 207. The van der Waals surface area contributed by atoms with Gasteiger partial charge >= 0.3 is 0 Å². The first-order valence-corrected chi connectivity index (χ1v) is 5.25. The summed E-state index contributed by atoms with van der Waals surface area (Å²) in [5.74, 6) is -0.305. The fraction of sp³-hybridized carbons (Fsp3) is 0.800. The molecule has 88 valence electrons. The lowest BCUT2D eigenvalue weighted by Crippen LogP contribution is -2.42.